The number of ether oxygens (including phenoxy) is 2. The Morgan fingerprint density at radius 2 is 2.10 bits per heavy atom. The third-order valence-corrected chi connectivity index (χ3v) is 6.25. The number of hydrazine groups is 1. The summed E-state index contributed by atoms with van der Waals surface area (Å²) in [6.45, 7) is 1.85. The van der Waals surface area contributed by atoms with Crippen molar-refractivity contribution in [3.8, 4) is 0 Å². The van der Waals surface area contributed by atoms with E-state index in [1.54, 1.807) is 17.3 Å². The molecule has 3 heterocycles. The molecule has 1 aliphatic carbocycles. The SMILES string of the molecule is COC(=O)c1sc2ncnc(NN3C=CC=NC3OC3CCC(O)CC3)c2c1C. The number of rotatable bonds is 5. The number of thiophene rings is 1. The maximum atomic E-state index is 12.0. The Morgan fingerprint density at radius 1 is 1.31 bits per heavy atom. The molecule has 1 fully saturated rings. The lowest BCUT2D eigenvalue weighted by molar-refractivity contribution is -0.0920. The number of aliphatic imine (C=N–C) groups is 1. The number of aromatic nitrogens is 2. The number of fused-ring (bicyclic) bond motifs is 1. The molecule has 2 aromatic rings. The molecule has 0 spiro atoms. The Balaban J connectivity index is 1.56. The predicted molar refractivity (Wildman–Crippen MR) is 110 cm³/mol. The molecular formula is C19H23N5O4S. The summed E-state index contributed by atoms with van der Waals surface area (Å²) >= 11 is 1.28. The number of carbonyl (C=O) groups excluding carboxylic acids is 1. The molecule has 10 heteroatoms. The Hall–Kier alpha value is -2.56. The lowest BCUT2D eigenvalue weighted by atomic mass is 9.95. The van der Waals surface area contributed by atoms with Crippen molar-refractivity contribution < 1.29 is 19.4 Å². The van der Waals surface area contributed by atoms with Crippen LogP contribution in [-0.2, 0) is 9.47 Å². The van der Waals surface area contributed by atoms with Gasteiger partial charge in [0.05, 0.1) is 24.7 Å². The van der Waals surface area contributed by atoms with Gasteiger partial charge in [-0.2, -0.15) is 0 Å². The molecule has 2 aliphatic rings. The van der Waals surface area contributed by atoms with Crippen LogP contribution in [0.3, 0.4) is 0 Å². The highest BCUT2D eigenvalue weighted by Gasteiger charge is 2.27. The van der Waals surface area contributed by atoms with Crippen molar-refractivity contribution in [1.82, 2.24) is 15.0 Å². The number of allylic oxidation sites excluding steroid dienone is 1. The van der Waals surface area contributed by atoms with Crippen LogP contribution < -0.4 is 5.43 Å². The molecule has 154 valence electrons. The predicted octanol–water partition coefficient (Wildman–Crippen LogP) is 2.62. The number of aryl methyl sites for hydroxylation is 1. The number of methoxy groups -OCH3 is 1. The molecule has 1 atom stereocenters. The first kappa shape index (κ1) is 19.7. The lowest BCUT2D eigenvalue weighted by Crippen LogP contribution is -2.41. The van der Waals surface area contributed by atoms with Crippen molar-refractivity contribution in [3.63, 3.8) is 0 Å². The molecule has 1 aliphatic heterocycles. The Bertz CT molecular complexity index is 951. The number of hydrogen-bond acceptors (Lipinski definition) is 10. The van der Waals surface area contributed by atoms with Crippen LogP contribution in [-0.4, -0.2) is 57.9 Å². The summed E-state index contributed by atoms with van der Waals surface area (Å²) in [6.07, 6.45) is 9.10. The average molecular weight is 417 g/mol. The molecule has 1 unspecified atom stereocenters. The normalized spacial score (nSPS) is 24.1. The molecule has 0 aromatic carbocycles. The van der Waals surface area contributed by atoms with Crippen LogP contribution in [0, 0.1) is 6.92 Å². The number of nitrogens with one attached hydrogen (secondary N) is 1. The van der Waals surface area contributed by atoms with E-state index in [0.717, 1.165) is 36.6 Å². The fourth-order valence-electron chi connectivity index (χ4n) is 3.51. The molecule has 0 amide bonds. The number of aliphatic hydroxyl groups is 1. The average Bonchev–Trinajstić information content (AvgIpc) is 3.08. The summed E-state index contributed by atoms with van der Waals surface area (Å²) in [5.74, 6) is 0.174. The van der Waals surface area contributed by atoms with Crippen molar-refractivity contribution in [3.05, 3.63) is 29.0 Å². The van der Waals surface area contributed by atoms with Gasteiger partial charge in [-0.25, -0.2) is 24.8 Å². The van der Waals surface area contributed by atoms with Crippen LogP contribution in [0.4, 0.5) is 5.82 Å². The molecule has 2 aromatic heterocycles. The number of hydrogen-bond donors (Lipinski definition) is 2. The first-order chi connectivity index (χ1) is 14.1. The van der Waals surface area contributed by atoms with Gasteiger partial charge in [0.15, 0.2) is 5.82 Å². The van der Waals surface area contributed by atoms with Crippen LogP contribution in [0.15, 0.2) is 23.6 Å². The molecule has 4 rings (SSSR count). The molecule has 2 N–H and O–H groups in total. The van der Waals surface area contributed by atoms with Crippen molar-refractivity contribution in [1.29, 1.82) is 0 Å². The van der Waals surface area contributed by atoms with Gasteiger partial charge in [0.1, 0.15) is 16.0 Å². The summed E-state index contributed by atoms with van der Waals surface area (Å²) in [5.41, 5.74) is 4.01. The molecule has 9 nitrogen and oxygen atoms in total. The number of anilines is 1. The van der Waals surface area contributed by atoms with Crippen molar-refractivity contribution in [2.45, 2.75) is 51.2 Å². The molecular weight excluding hydrogens is 394 g/mol. The number of aliphatic hydroxyl groups excluding tert-OH is 1. The van der Waals surface area contributed by atoms with E-state index in [2.05, 4.69) is 20.4 Å². The standard InChI is InChI=1S/C19H23N5O4S/c1-11-14-16(21-10-22-17(14)29-15(11)18(26)27-2)23-24-9-3-8-20-19(24)28-13-6-4-12(25)5-7-13/h3,8-10,12-13,19,25H,4-7H2,1-2H3,(H,21,22,23). The second kappa shape index (κ2) is 8.44. The molecule has 29 heavy (non-hydrogen) atoms. The molecule has 0 bridgehead atoms. The van der Waals surface area contributed by atoms with E-state index >= 15 is 0 Å². The van der Waals surface area contributed by atoms with Gasteiger partial charge < -0.3 is 14.6 Å². The minimum absolute atomic E-state index is 0.0376. The highest BCUT2D eigenvalue weighted by molar-refractivity contribution is 7.20. The Kier molecular flexibility index (Phi) is 5.74. The minimum atomic E-state index is -0.552. The summed E-state index contributed by atoms with van der Waals surface area (Å²) in [6, 6.07) is 0. The van der Waals surface area contributed by atoms with Crippen LogP contribution in [0.5, 0.6) is 0 Å². The van der Waals surface area contributed by atoms with Gasteiger partial charge in [0, 0.05) is 12.4 Å². The molecule has 1 saturated carbocycles. The minimum Gasteiger partial charge on any atom is -0.465 e. The number of nitrogens with zero attached hydrogens (tertiary/aromatic N) is 4. The van der Waals surface area contributed by atoms with E-state index in [4.69, 9.17) is 9.47 Å². The third-order valence-electron chi connectivity index (χ3n) is 5.07. The van der Waals surface area contributed by atoms with E-state index in [9.17, 15) is 9.90 Å². The van der Waals surface area contributed by atoms with Crippen LogP contribution >= 0.6 is 11.3 Å². The van der Waals surface area contributed by atoms with Crippen molar-refractivity contribution in [2.75, 3.05) is 12.5 Å². The quantitative estimate of drug-likeness (QED) is 0.715. The van der Waals surface area contributed by atoms with Crippen molar-refractivity contribution in [2.24, 2.45) is 4.99 Å². The smallest absolute Gasteiger partial charge is 0.348 e. The summed E-state index contributed by atoms with van der Waals surface area (Å²) in [5, 5.41) is 12.2. The van der Waals surface area contributed by atoms with E-state index in [1.165, 1.54) is 24.8 Å². The maximum absolute atomic E-state index is 12.0. The monoisotopic (exact) mass is 417 g/mol. The summed E-state index contributed by atoms with van der Waals surface area (Å²) in [4.78, 5) is 26.3. The topological polar surface area (TPSA) is 109 Å². The second-order valence-electron chi connectivity index (χ2n) is 7.00. The third kappa shape index (κ3) is 4.09. The van der Waals surface area contributed by atoms with Gasteiger partial charge in [0.2, 0.25) is 6.35 Å². The van der Waals surface area contributed by atoms with Gasteiger partial charge >= 0.3 is 5.97 Å². The van der Waals surface area contributed by atoms with Gasteiger partial charge in [0.25, 0.3) is 0 Å². The summed E-state index contributed by atoms with van der Waals surface area (Å²) < 4.78 is 11.0. The lowest BCUT2D eigenvalue weighted by Gasteiger charge is -2.34. The van der Waals surface area contributed by atoms with Crippen LogP contribution in [0.1, 0.15) is 40.9 Å². The zero-order valence-corrected chi connectivity index (χ0v) is 17.1. The number of carbonyl (C=O) groups is 1. The Morgan fingerprint density at radius 3 is 2.86 bits per heavy atom. The van der Waals surface area contributed by atoms with E-state index in [-0.39, 0.29) is 18.2 Å². The molecule has 0 radical (unpaired) electrons. The fraction of sp³-hybridized carbons (Fsp3) is 0.474. The summed E-state index contributed by atoms with van der Waals surface area (Å²) in [7, 11) is 1.36. The fourth-order valence-corrected chi connectivity index (χ4v) is 4.58. The maximum Gasteiger partial charge on any atom is 0.348 e. The van der Waals surface area contributed by atoms with E-state index in [0.29, 0.717) is 15.5 Å². The highest BCUT2D eigenvalue weighted by atomic mass is 32.1. The largest absolute Gasteiger partial charge is 0.465 e. The highest BCUT2D eigenvalue weighted by Crippen LogP contribution is 2.34. The number of esters is 1. The van der Waals surface area contributed by atoms with E-state index < -0.39 is 6.35 Å². The van der Waals surface area contributed by atoms with Gasteiger partial charge in [-0.15, -0.1) is 11.3 Å². The van der Waals surface area contributed by atoms with Crippen LogP contribution in [0.2, 0.25) is 0 Å². The van der Waals surface area contributed by atoms with Gasteiger partial charge in [-0.1, -0.05) is 0 Å². The zero-order chi connectivity index (χ0) is 20.4. The van der Waals surface area contributed by atoms with Crippen molar-refractivity contribution >= 4 is 39.6 Å². The van der Waals surface area contributed by atoms with Gasteiger partial charge in [-0.05, 0) is 44.2 Å². The Labute approximate surface area is 172 Å². The second-order valence-corrected chi connectivity index (χ2v) is 8.00. The van der Waals surface area contributed by atoms with Crippen LogP contribution in [0.25, 0.3) is 10.2 Å². The molecule has 0 saturated heterocycles. The van der Waals surface area contributed by atoms with E-state index in [1.807, 2.05) is 13.1 Å². The zero-order valence-electron chi connectivity index (χ0n) is 16.2. The van der Waals surface area contributed by atoms with Gasteiger partial charge in [-0.3, -0.25) is 5.43 Å². The first-order valence-corrected chi connectivity index (χ1v) is 10.3. The first-order valence-electron chi connectivity index (χ1n) is 9.47.